The lowest BCUT2D eigenvalue weighted by Gasteiger charge is -2.31. The molecule has 1 aromatic heterocycles. The van der Waals surface area contributed by atoms with Crippen LogP contribution in [0.3, 0.4) is 0 Å². The van der Waals surface area contributed by atoms with Gasteiger partial charge in [0.1, 0.15) is 11.4 Å². The third kappa shape index (κ3) is 5.80. The Kier molecular flexibility index (Phi) is 6.80. The lowest BCUT2D eigenvalue weighted by atomic mass is 10.1. The quantitative estimate of drug-likeness (QED) is 0.654. The van der Waals surface area contributed by atoms with Gasteiger partial charge in [-0.2, -0.15) is 18.2 Å². The SMILES string of the molecule is CCCNc1nc2c(c(Oc3ccccc3C(F)(F)F)n1)CCN(C(=O)OC(C)(C)C)C2. The Hall–Kier alpha value is -3.04. The number of carbonyl (C=O) groups is 1. The van der Waals surface area contributed by atoms with E-state index in [4.69, 9.17) is 9.47 Å². The first-order valence-corrected chi connectivity index (χ1v) is 10.4. The first-order chi connectivity index (χ1) is 15.0. The molecule has 1 amide bonds. The number of benzene rings is 1. The Morgan fingerprint density at radius 1 is 1.19 bits per heavy atom. The fourth-order valence-corrected chi connectivity index (χ4v) is 3.17. The normalized spacial score (nSPS) is 14.0. The number of alkyl halides is 3. The molecule has 2 heterocycles. The van der Waals surface area contributed by atoms with Gasteiger partial charge in [0, 0.05) is 18.7 Å². The van der Waals surface area contributed by atoms with Gasteiger partial charge in [0.25, 0.3) is 0 Å². The van der Waals surface area contributed by atoms with Crippen LogP contribution in [0.5, 0.6) is 11.6 Å². The molecular weight excluding hydrogens is 425 g/mol. The Morgan fingerprint density at radius 3 is 2.56 bits per heavy atom. The van der Waals surface area contributed by atoms with Gasteiger partial charge in [-0.05, 0) is 45.7 Å². The summed E-state index contributed by atoms with van der Waals surface area (Å²) in [5, 5.41) is 3.04. The van der Waals surface area contributed by atoms with Crippen LogP contribution in [-0.4, -0.2) is 39.7 Å². The molecule has 1 aliphatic heterocycles. The maximum Gasteiger partial charge on any atom is 0.419 e. The van der Waals surface area contributed by atoms with Gasteiger partial charge in [-0.15, -0.1) is 0 Å². The van der Waals surface area contributed by atoms with Gasteiger partial charge >= 0.3 is 12.3 Å². The van der Waals surface area contributed by atoms with Crippen LogP contribution in [0.1, 0.15) is 50.9 Å². The topological polar surface area (TPSA) is 76.6 Å². The minimum atomic E-state index is -4.57. The van der Waals surface area contributed by atoms with Gasteiger partial charge in [-0.25, -0.2) is 9.78 Å². The zero-order valence-electron chi connectivity index (χ0n) is 18.5. The van der Waals surface area contributed by atoms with Crippen LogP contribution >= 0.6 is 0 Å². The van der Waals surface area contributed by atoms with E-state index >= 15 is 0 Å². The highest BCUT2D eigenvalue weighted by Gasteiger charge is 2.35. The van der Waals surface area contributed by atoms with Crippen LogP contribution < -0.4 is 10.1 Å². The van der Waals surface area contributed by atoms with Crippen molar-refractivity contribution in [1.29, 1.82) is 0 Å². The fourth-order valence-electron chi connectivity index (χ4n) is 3.17. The molecule has 1 N–H and O–H groups in total. The Balaban J connectivity index is 1.95. The van der Waals surface area contributed by atoms with Crippen molar-refractivity contribution in [2.24, 2.45) is 0 Å². The molecule has 0 radical (unpaired) electrons. The molecule has 0 atom stereocenters. The average Bonchev–Trinajstić information content (AvgIpc) is 2.70. The number of fused-ring (bicyclic) bond motifs is 1. The molecule has 174 valence electrons. The highest BCUT2D eigenvalue weighted by Crippen LogP contribution is 2.39. The van der Waals surface area contributed by atoms with E-state index in [-0.39, 0.29) is 24.1 Å². The van der Waals surface area contributed by atoms with Crippen LogP contribution in [-0.2, 0) is 23.9 Å². The molecule has 32 heavy (non-hydrogen) atoms. The second kappa shape index (κ2) is 9.22. The van der Waals surface area contributed by atoms with Crippen molar-refractivity contribution >= 4 is 12.0 Å². The summed E-state index contributed by atoms with van der Waals surface area (Å²) in [4.78, 5) is 22.8. The van der Waals surface area contributed by atoms with Gasteiger partial charge in [-0.1, -0.05) is 19.1 Å². The zero-order chi connectivity index (χ0) is 23.5. The number of anilines is 1. The number of nitrogens with one attached hydrogen (secondary N) is 1. The van der Waals surface area contributed by atoms with Crippen molar-refractivity contribution in [3.05, 3.63) is 41.1 Å². The molecule has 1 aromatic carbocycles. The van der Waals surface area contributed by atoms with Crippen molar-refractivity contribution in [1.82, 2.24) is 14.9 Å². The monoisotopic (exact) mass is 452 g/mol. The number of para-hydroxylation sites is 1. The van der Waals surface area contributed by atoms with Crippen LogP contribution in [0.2, 0.25) is 0 Å². The number of hydrogen-bond donors (Lipinski definition) is 1. The van der Waals surface area contributed by atoms with Gasteiger partial charge < -0.3 is 19.7 Å². The Bertz CT molecular complexity index is 974. The molecule has 0 bridgehead atoms. The number of amides is 1. The number of aromatic nitrogens is 2. The number of halogens is 3. The van der Waals surface area contributed by atoms with Crippen molar-refractivity contribution in [2.45, 2.75) is 58.9 Å². The number of ether oxygens (including phenoxy) is 2. The highest BCUT2D eigenvalue weighted by molar-refractivity contribution is 5.68. The van der Waals surface area contributed by atoms with E-state index in [1.165, 1.54) is 23.1 Å². The largest absolute Gasteiger partial charge is 0.444 e. The molecule has 7 nitrogen and oxygen atoms in total. The predicted octanol–water partition coefficient (Wildman–Crippen LogP) is 5.40. The first-order valence-electron chi connectivity index (χ1n) is 10.4. The van der Waals surface area contributed by atoms with E-state index in [0.717, 1.165) is 12.5 Å². The molecule has 0 aliphatic carbocycles. The van der Waals surface area contributed by atoms with Crippen molar-refractivity contribution < 1.29 is 27.4 Å². The van der Waals surface area contributed by atoms with E-state index in [1.54, 1.807) is 20.8 Å². The molecule has 1 aliphatic rings. The summed E-state index contributed by atoms with van der Waals surface area (Å²) in [6.07, 6.45) is -3.92. The summed E-state index contributed by atoms with van der Waals surface area (Å²) in [6.45, 7) is 8.33. The van der Waals surface area contributed by atoms with Crippen LogP contribution in [0, 0.1) is 0 Å². The lowest BCUT2D eigenvalue weighted by molar-refractivity contribution is -0.138. The Morgan fingerprint density at radius 2 is 1.91 bits per heavy atom. The van der Waals surface area contributed by atoms with Crippen LogP contribution in [0.15, 0.2) is 24.3 Å². The van der Waals surface area contributed by atoms with E-state index in [9.17, 15) is 18.0 Å². The highest BCUT2D eigenvalue weighted by atomic mass is 19.4. The summed E-state index contributed by atoms with van der Waals surface area (Å²) in [5.41, 5.74) is -0.451. The first kappa shape index (κ1) is 23.6. The van der Waals surface area contributed by atoms with E-state index in [0.29, 0.717) is 30.8 Å². The average molecular weight is 452 g/mol. The number of nitrogens with zero attached hydrogens (tertiary/aromatic N) is 3. The summed E-state index contributed by atoms with van der Waals surface area (Å²) < 4.78 is 51.4. The molecule has 0 saturated heterocycles. The summed E-state index contributed by atoms with van der Waals surface area (Å²) in [7, 11) is 0. The molecule has 3 rings (SSSR count). The molecule has 0 fully saturated rings. The van der Waals surface area contributed by atoms with E-state index in [2.05, 4.69) is 15.3 Å². The number of carbonyl (C=O) groups excluding carboxylic acids is 1. The molecule has 2 aromatic rings. The molecule has 0 spiro atoms. The third-order valence-corrected chi connectivity index (χ3v) is 4.61. The molecule has 10 heteroatoms. The van der Waals surface area contributed by atoms with Crippen molar-refractivity contribution in [2.75, 3.05) is 18.4 Å². The minimum Gasteiger partial charge on any atom is -0.444 e. The third-order valence-electron chi connectivity index (χ3n) is 4.61. The molecule has 0 saturated carbocycles. The lowest BCUT2D eigenvalue weighted by Crippen LogP contribution is -2.40. The van der Waals surface area contributed by atoms with Gasteiger partial charge in [0.15, 0.2) is 0 Å². The van der Waals surface area contributed by atoms with Crippen LogP contribution in [0.25, 0.3) is 0 Å². The summed E-state index contributed by atoms with van der Waals surface area (Å²) in [6, 6.07) is 4.99. The second-order valence-electron chi connectivity index (χ2n) is 8.45. The second-order valence-corrected chi connectivity index (χ2v) is 8.45. The minimum absolute atomic E-state index is 0.0501. The number of hydrogen-bond acceptors (Lipinski definition) is 6. The number of rotatable bonds is 5. The van der Waals surface area contributed by atoms with Gasteiger partial charge in [0.05, 0.1) is 17.8 Å². The fraction of sp³-hybridized carbons (Fsp3) is 0.500. The molecular formula is C22H27F3N4O3. The smallest absolute Gasteiger partial charge is 0.419 e. The zero-order valence-corrected chi connectivity index (χ0v) is 18.5. The van der Waals surface area contributed by atoms with E-state index < -0.39 is 23.4 Å². The standard InChI is InChI=1S/C22H27F3N4O3/c1-5-11-26-19-27-16-13-29(20(30)32-21(2,3)4)12-10-14(16)18(28-19)31-17-9-7-6-8-15(17)22(23,24)25/h6-9H,5,10-13H2,1-4H3,(H,26,27,28). The predicted molar refractivity (Wildman–Crippen MR) is 113 cm³/mol. The summed E-state index contributed by atoms with van der Waals surface area (Å²) in [5.74, 6) is -0.0535. The maximum atomic E-state index is 13.4. The van der Waals surface area contributed by atoms with Crippen LogP contribution in [0.4, 0.5) is 23.9 Å². The summed E-state index contributed by atoms with van der Waals surface area (Å²) >= 11 is 0. The van der Waals surface area contributed by atoms with Gasteiger partial charge in [-0.3, -0.25) is 0 Å². The maximum absolute atomic E-state index is 13.4. The Labute approximate surface area is 184 Å². The van der Waals surface area contributed by atoms with Crippen molar-refractivity contribution in [3.63, 3.8) is 0 Å². The molecule has 0 unspecified atom stereocenters. The van der Waals surface area contributed by atoms with Crippen molar-refractivity contribution in [3.8, 4) is 11.6 Å². The van der Waals surface area contributed by atoms with Gasteiger partial charge in [0.2, 0.25) is 11.8 Å². The van der Waals surface area contributed by atoms with E-state index in [1.807, 2.05) is 6.92 Å².